The van der Waals surface area contributed by atoms with Crippen LogP contribution in [0.3, 0.4) is 0 Å². The van der Waals surface area contributed by atoms with E-state index in [1.165, 1.54) is 0 Å². The molecule has 1 aliphatic carbocycles. The predicted octanol–water partition coefficient (Wildman–Crippen LogP) is 1.31. The summed E-state index contributed by atoms with van der Waals surface area (Å²) in [5, 5.41) is 12.4. The highest BCUT2D eigenvalue weighted by Gasteiger charge is 2.64. The lowest BCUT2D eigenvalue weighted by Crippen LogP contribution is -2.38. The zero-order valence-electron chi connectivity index (χ0n) is 10.4. The van der Waals surface area contributed by atoms with Crippen LogP contribution in [0.4, 0.5) is 19.2 Å². The fourth-order valence-corrected chi connectivity index (χ4v) is 1.55. The lowest BCUT2D eigenvalue weighted by molar-refractivity contribution is -0.151. The number of ether oxygens (including phenoxy) is 1. The van der Waals surface area contributed by atoms with Gasteiger partial charge in [-0.1, -0.05) is 5.10 Å². The highest BCUT2D eigenvalue weighted by atomic mass is 19.4. The molecule has 1 aromatic rings. The lowest BCUT2D eigenvalue weighted by Gasteiger charge is -2.18. The molecule has 6 nitrogen and oxygen atoms in total. The first kappa shape index (κ1) is 14.1. The van der Waals surface area contributed by atoms with Gasteiger partial charge < -0.3 is 19.8 Å². The summed E-state index contributed by atoms with van der Waals surface area (Å²) in [5.74, 6) is 0.233. The molecule has 0 amide bonds. The number of aromatic nitrogens is 2. The third-order valence-corrected chi connectivity index (χ3v) is 2.86. The summed E-state index contributed by atoms with van der Waals surface area (Å²) in [6, 6.07) is -0.196. The Balaban J connectivity index is 1.84. The van der Waals surface area contributed by atoms with Gasteiger partial charge in [-0.25, -0.2) is 0 Å². The molecule has 0 spiro atoms. The van der Waals surface area contributed by atoms with E-state index < -0.39 is 11.7 Å². The van der Waals surface area contributed by atoms with E-state index in [0.29, 0.717) is 13.2 Å². The summed E-state index contributed by atoms with van der Waals surface area (Å²) in [7, 11) is 1.57. The first-order chi connectivity index (χ1) is 8.97. The molecule has 2 N–H and O–H groups in total. The SMILES string of the molecule is COCCNCc1nnc(NC2(C(F)(F)F)CC2)o1. The molecule has 1 aromatic heterocycles. The van der Waals surface area contributed by atoms with Crippen molar-refractivity contribution in [2.75, 3.05) is 25.6 Å². The summed E-state index contributed by atoms with van der Waals surface area (Å²) in [5.41, 5.74) is -1.89. The Morgan fingerprint density at radius 1 is 1.37 bits per heavy atom. The van der Waals surface area contributed by atoms with Gasteiger partial charge in [-0.3, -0.25) is 0 Å². The Morgan fingerprint density at radius 2 is 2.11 bits per heavy atom. The number of rotatable bonds is 7. The maximum atomic E-state index is 12.7. The van der Waals surface area contributed by atoms with Crippen molar-refractivity contribution in [3.05, 3.63) is 5.89 Å². The molecule has 19 heavy (non-hydrogen) atoms. The summed E-state index contributed by atoms with van der Waals surface area (Å²) < 4.78 is 48.0. The molecule has 0 radical (unpaired) electrons. The van der Waals surface area contributed by atoms with Gasteiger partial charge in [0.15, 0.2) is 0 Å². The summed E-state index contributed by atoms with van der Waals surface area (Å²) in [6.07, 6.45) is -4.25. The molecule has 1 saturated carbocycles. The summed E-state index contributed by atoms with van der Waals surface area (Å²) >= 11 is 0. The Hall–Kier alpha value is -1.35. The lowest BCUT2D eigenvalue weighted by atomic mass is 10.3. The van der Waals surface area contributed by atoms with Crippen molar-refractivity contribution in [3.63, 3.8) is 0 Å². The van der Waals surface area contributed by atoms with Crippen LogP contribution >= 0.6 is 0 Å². The molecule has 9 heteroatoms. The molecule has 0 bridgehead atoms. The number of hydrogen-bond acceptors (Lipinski definition) is 6. The Labute approximate surface area is 107 Å². The highest BCUT2D eigenvalue weighted by Crippen LogP contribution is 2.50. The average molecular weight is 280 g/mol. The van der Waals surface area contributed by atoms with Gasteiger partial charge in [-0.05, 0) is 12.8 Å². The third-order valence-electron chi connectivity index (χ3n) is 2.86. The fourth-order valence-electron chi connectivity index (χ4n) is 1.55. The number of alkyl halides is 3. The average Bonchev–Trinajstić information content (AvgIpc) is 2.99. The van der Waals surface area contributed by atoms with E-state index in [-0.39, 0.29) is 31.3 Å². The topological polar surface area (TPSA) is 72.2 Å². The first-order valence-corrected chi connectivity index (χ1v) is 5.84. The van der Waals surface area contributed by atoms with E-state index in [1.54, 1.807) is 7.11 Å². The third kappa shape index (κ3) is 3.35. The molecule has 108 valence electrons. The molecule has 1 aliphatic rings. The summed E-state index contributed by atoms with van der Waals surface area (Å²) in [4.78, 5) is 0. The number of halogens is 3. The largest absolute Gasteiger partial charge is 0.411 e. The van der Waals surface area contributed by atoms with E-state index in [1.807, 2.05) is 0 Å². The Kier molecular flexibility index (Phi) is 3.95. The number of methoxy groups -OCH3 is 1. The van der Waals surface area contributed by atoms with Crippen molar-refractivity contribution in [1.82, 2.24) is 15.5 Å². The van der Waals surface area contributed by atoms with Crippen LogP contribution in [0, 0.1) is 0 Å². The molecule has 0 unspecified atom stereocenters. The maximum absolute atomic E-state index is 12.7. The van der Waals surface area contributed by atoms with Gasteiger partial charge in [0.1, 0.15) is 5.54 Å². The van der Waals surface area contributed by atoms with Gasteiger partial charge in [-0.2, -0.15) is 13.2 Å². The van der Waals surface area contributed by atoms with Crippen molar-refractivity contribution in [2.24, 2.45) is 0 Å². The van der Waals surface area contributed by atoms with Gasteiger partial charge in [-0.15, -0.1) is 5.10 Å². The van der Waals surface area contributed by atoms with E-state index in [9.17, 15) is 13.2 Å². The van der Waals surface area contributed by atoms with E-state index in [2.05, 4.69) is 20.8 Å². The second-order valence-corrected chi connectivity index (χ2v) is 4.38. The zero-order chi connectivity index (χ0) is 13.9. The Morgan fingerprint density at radius 3 is 2.68 bits per heavy atom. The molecule has 2 rings (SSSR count). The molecule has 1 fully saturated rings. The monoisotopic (exact) mass is 280 g/mol. The molecule has 0 saturated heterocycles. The van der Waals surface area contributed by atoms with E-state index >= 15 is 0 Å². The van der Waals surface area contributed by atoms with E-state index in [4.69, 9.17) is 9.15 Å². The standard InChI is InChI=1S/C10H15F3N4O2/c1-18-5-4-14-6-7-16-17-8(19-7)15-9(2-3-9)10(11,12)13/h14H,2-6H2,1H3,(H,15,17). The summed E-state index contributed by atoms with van der Waals surface area (Å²) in [6.45, 7) is 1.40. The van der Waals surface area contributed by atoms with E-state index in [0.717, 1.165) is 0 Å². The van der Waals surface area contributed by atoms with Gasteiger partial charge in [0, 0.05) is 13.7 Å². The molecule has 0 aromatic carbocycles. The number of nitrogens with zero attached hydrogens (tertiary/aromatic N) is 2. The Bertz CT molecular complexity index is 417. The van der Waals surface area contributed by atoms with Crippen molar-refractivity contribution in [2.45, 2.75) is 31.1 Å². The van der Waals surface area contributed by atoms with Crippen molar-refractivity contribution in [3.8, 4) is 0 Å². The maximum Gasteiger partial charge on any atom is 0.411 e. The van der Waals surface area contributed by atoms with Crippen LogP contribution in [-0.2, 0) is 11.3 Å². The molecule has 0 atom stereocenters. The number of hydrogen-bond donors (Lipinski definition) is 2. The van der Waals surface area contributed by atoms with Crippen LogP contribution in [0.5, 0.6) is 0 Å². The fraction of sp³-hybridized carbons (Fsp3) is 0.800. The number of nitrogens with one attached hydrogen (secondary N) is 2. The van der Waals surface area contributed by atoms with Gasteiger partial charge >= 0.3 is 12.2 Å². The van der Waals surface area contributed by atoms with Gasteiger partial charge in [0.25, 0.3) is 0 Å². The second-order valence-electron chi connectivity index (χ2n) is 4.38. The van der Waals surface area contributed by atoms with Crippen LogP contribution in [0.1, 0.15) is 18.7 Å². The minimum atomic E-state index is -4.31. The smallest absolute Gasteiger partial charge is 0.407 e. The normalized spacial score (nSPS) is 17.5. The van der Waals surface area contributed by atoms with Crippen LogP contribution in [0.25, 0.3) is 0 Å². The first-order valence-electron chi connectivity index (χ1n) is 5.84. The quantitative estimate of drug-likeness (QED) is 0.734. The molecular formula is C10H15F3N4O2. The minimum absolute atomic E-state index is 0.0281. The van der Waals surface area contributed by atoms with Crippen LogP contribution in [0.15, 0.2) is 4.42 Å². The minimum Gasteiger partial charge on any atom is -0.407 e. The van der Waals surface area contributed by atoms with Gasteiger partial charge in [0.05, 0.1) is 13.2 Å². The number of anilines is 1. The van der Waals surface area contributed by atoms with Gasteiger partial charge in [0.2, 0.25) is 5.89 Å². The van der Waals surface area contributed by atoms with Crippen LogP contribution < -0.4 is 10.6 Å². The van der Waals surface area contributed by atoms with Crippen LogP contribution in [-0.4, -0.2) is 42.2 Å². The molecular weight excluding hydrogens is 265 g/mol. The second kappa shape index (κ2) is 5.33. The zero-order valence-corrected chi connectivity index (χ0v) is 10.4. The van der Waals surface area contributed by atoms with Crippen molar-refractivity contribution in [1.29, 1.82) is 0 Å². The van der Waals surface area contributed by atoms with Crippen molar-refractivity contribution < 1.29 is 22.3 Å². The molecule has 1 heterocycles. The predicted molar refractivity (Wildman–Crippen MR) is 59.5 cm³/mol. The highest BCUT2D eigenvalue weighted by molar-refractivity contribution is 5.32. The van der Waals surface area contributed by atoms with Crippen molar-refractivity contribution >= 4 is 6.01 Å². The molecule has 0 aliphatic heterocycles. The van der Waals surface area contributed by atoms with Crippen LogP contribution in [0.2, 0.25) is 0 Å².